The minimum Gasteiger partial charge on any atom is -0.201 e. The van der Waals surface area contributed by atoms with Crippen LogP contribution in [0.4, 0.5) is 0 Å². The van der Waals surface area contributed by atoms with Gasteiger partial charge in [-0.1, -0.05) is 54.6 Å². The standard InChI is InChI=1S/C29H26N/c1-19-12-13-25-24-11-5-9-21-8-3-6-20-7-4-10-22(16-20)23-14-15-30(2)28(17-23)29(19)27(25)18-26(21)24/h4-5,7,9-17H,3,6,8,18H2,1-2H3/q+1. The lowest BCUT2D eigenvalue weighted by atomic mass is 9.92. The highest BCUT2D eigenvalue weighted by molar-refractivity contribution is 5.86. The molecule has 0 unspecified atom stereocenters. The Morgan fingerprint density at radius 2 is 1.60 bits per heavy atom. The van der Waals surface area contributed by atoms with Crippen molar-refractivity contribution in [2.75, 3.05) is 0 Å². The minimum absolute atomic E-state index is 1.05. The van der Waals surface area contributed by atoms with E-state index in [9.17, 15) is 0 Å². The molecule has 1 aromatic heterocycles. The van der Waals surface area contributed by atoms with E-state index >= 15 is 0 Å². The maximum Gasteiger partial charge on any atom is 0.213 e. The Morgan fingerprint density at radius 1 is 0.767 bits per heavy atom. The number of aryl methyl sites for hydroxylation is 4. The fraction of sp³-hybridized carbons (Fsp3) is 0.207. The van der Waals surface area contributed by atoms with Gasteiger partial charge in [0.1, 0.15) is 7.05 Å². The van der Waals surface area contributed by atoms with Crippen molar-refractivity contribution < 1.29 is 4.57 Å². The Hall–Kier alpha value is -3.19. The van der Waals surface area contributed by atoms with Gasteiger partial charge in [0.25, 0.3) is 0 Å². The van der Waals surface area contributed by atoms with Gasteiger partial charge in [0.2, 0.25) is 5.69 Å². The number of hydrogen-bond acceptors (Lipinski definition) is 0. The average Bonchev–Trinajstić information content (AvgIpc) is 3.14. The average molecular weight is 389 g/mol. The molecule has 6 rings (SSSR count). The topological polar surface area (TPSA) is 3.88 Å². The van der Waals surface area contributed by atoms with Gasteiger partial charge in [-0.05, 0) is 82.7 Å². The summed E-state index contributed by atoms with van der Waals surface area (Å²) in [7, 11) is 2.17. The highest BCUT2D eigenvalue weighted by Gasteiger charge is 2.28. The van der Waals surface area contributed by atoms with E-state index in [2.05, 4.69) is 91.5 Å². The number of hydrogen-bond donors (Lipinski definition) is 0. The summed E-state index contributed by atoms with van der Waals surface area (Å²) in [4.78, 5) is 0. The van der Waals surface area contributed by atoms with Crippen molar-refractivity contribution in [3.8, 4) is 33.5 Å². The van der Waals surface area contributed by atoms with Crippen molar-refractivity contribution in [3.05, 3.63) is 101 Å². The predicted octanol–water partition coefficient (Wildman–Crippen LogP) is 6.21. The van der Waals surface area contributed by atoms with Crippen LogP contribution in [0.1, 0.15) is 34.2 Å². The molecule has 0 saturated carbocycles. The molecule has 0 atom stereocenters. The molecule has 0 aliphatic heterocycles. The molecule has 1 heteroatoms. The van der Waals surface area contributed by atoms with Crippen LogP contribution in [0.15, 0.2) is 72.9 Å². The quantitative estimate of drug-likeness (QED) is 0.278. The minimum atomic E-state index is 1.05. The molecule has 4 aromatic rings. The molecule has 0 radical (unpaired) electrons. The number of nitrogens with zero attached hydrogens (tertiary/aromatic N) is 1. The highest BCUT2D eigenvalue weighted by atomic mass is 14.9. The summed E-state index contributed by atoms with van der Waals surface area (Å²) in [6, 6.07) is 25.3. The van der Waals surface area contributed by atoms with Crippen LogP contribution in [-0.2, 0) is 26.3 Å². The third-order valence-electron chi connectivity index (χ3n) is 7.02. The van der Waals surface area contributed by atoms with Crippen molar-refractivity contribution in [2.45, 2.75) is 32.6 Å². The normalized spacial score (nSPS) is 13.8. The predicted molar refractivity (Wildman–Crippen MR) is 123 cm³/mol. The molecule has 1 heterocycles. The molecule has 0 fully saturated rings. The molecule has 146 valence electrons. The summed E-state index contributed by atoms with van der Waals surface area (Å²) in [5, 5.41) is 0. The fourth-order valence-electron chi connectivity index (χ4n) is 5.45. The molecule has 2 aliphatic carbocycles. The first-order valence-corrected chi connectivity index (χ1v) is 11.0. The molecule has 3 aromatic carbocycles. The van der Waals surface area contributed by atoms with Gasteiger partial charge in [0.15, 0.2) is 6.20 Å². The van der Waals surface area contributed by atoms with Crippen LogP contribution in [0.5, 0.6) is 0 Å². The zero-order chi connectivity index (χ0) is 20.2. The largest absolute Gasteiger partial charge is 0.213 e. The molecule has 1 nitrogen and oxygen atoms in total. The first kappa shape index (κ1) is 17.7. The molecule has 0 saturated heterocycles. The Labute approximate surface area is 178 Å². The van der Waals surface area contributed by atoms with Gasteiger partial charge >= 0.3 is 0 Å². The van der Waals surface area contributed by atoms with E-state index in [1.165, 1.54) is 62.2 Å². The summed E-state index contributed by atoms with van der Waals surface area (Å²) < 4.78 is 2.28. The van der Waals surface area contributed by atoms with Crippen molar-refractivity contribution in [3.63, 3.8) is 0 Å². The van der Waals surface area contributed by atoms with Gasteiger partial charge in [-0.25, -0.2) is 4.57 Å². The number of benzene rings is 3. The van der Waals surface area contributed by atoms with Gasteiger partial charge in [-0.3, -0.25) is 0 Å². The Balaban J connectivity index is 1.68. The lowest BCUT2D eigenvalue weighted by Crippen LogP contribution is -2.31. The molecule has 0 amide bonds. The summed E-state index contributed by atoms with van der Waals surface area (Å²) in [5.74, 6) is 0. The van der Waals surface area contributed by atoms with E-state index in [-0.39, 0.29) is 0 Å². The third-order valence-corrected chi connectivity index (χ3v) is 7.02. The third kappa shape index (κ3) is 2.65. The van der Waals surface area contributed by atoms with Gasteiger partial charge in [0.05, 0.1) is 5.56 Å². The summed E-state index contributed by atoms with van der Waals surface area (Å²) in [6.45, 7) is 2.26. The summed E-state index contributed by atoms with van der Waals surface area (Å²) in [5.41, 5.74) is 15.6. The Kier molecular flexibility index (Phi) is 3.92. The first-order chi connectivity index (χ1) is 14.7. The van der Waals surface area contributed by atoms with Crippen LogP contribution in [0.25, 0.3) is 33.5 Å². The van der Waals surface area contributed by atoms with Gasteiger partial charge in [0, 0.05) is 12.1 Å². The zero-order valence-corrected chi connectivity index (χ0v) is 17.7. The lowest BCUT2D eigenvalue weighted by Gasteiger charge is -2.13. The Morgan fingerprint density at radius 3 is 2.53 bits per heavy atom. The molecule has 0 spiro atoms. The monoisotopic (exact) mass is 388 g/mol. The maximum absolute atomic E-state index is 2.39. The number of pyridine rings is 1. The summed E-state index contributed by atoms with van der Waals surface area (Å²) >= 11 is 0. The molecule has 6 bridgehead atoms. The first-order valence-electron chi connectivity index (χ1n) is 11.0. The van der Waals surface area contributed by atoms with Gasteiger partial charge < -0.3 is 0 Å². The second-order valence-corrected chi connectivity index (χ2v) is 8.87. The lowest BCUT2D eigenvalue weighted by molar-refractivity contribution is -0.660. The van der Waals surface area contributed by atoms with Crippen molar-refractivity contribution in [1.29, 1.82) is 0 Å². The second-order valence-electron chi connectivity index (χ2n) is 8.87. The van der Waals surface area contributed by atoms with E-state index in [0.29, 0.717) is 0 Å². The highest BCUT2D eigenvalue weighted by Crippen LogP contribution is 2.44. The van der Waals surface area contributed by atoms with E-state index in [1.807, 2.05) is 0 Å². The number of aromatic nitrogens is 1. The molecule has 0 N–H and O–H groups in total. The fourth-order valence-corrected chi connectivity index (χ4v) is 5.45. The smallest absolute Gasteiger partial charge is 0.201 e. The molecular weight excluding hydrogens is 362 g/mol. The van der Waals surface area contributed by atoms with Gasteiger partial charge in [-0.2, -0.15) is 0 Å². The van der Waals surface area contributed by atoms with Crippen LogP contribution >= 0.6 is 0 Å². The van der Waals surface area contributed by atoms with Crippen molar-refractivity contribution in [1.82, 2.24) is 0 Å². The maximum atomic E-state index is 2.39. The summed E-state index contributed by atoms with van der Waals surface area (Å²) in [6.07, 6.45) is 6.73. The molecule has 30 heavy (non-hydrogen) atoms. The second kappa shape index (κ2) is 6.67. The number of fused-ring (bicyclic) bond motifs is 7. The van der Waals surface area contributed by atoms with Crippen molar-refractivity contribution in [2.24, 2.45) is 7.05 Å². The SMILES string of the molecule is Cc1ccc2c3c1-c1cc(cc[n+]1C)-c1cccc(c1)CCCc1cccc-2c1C3. The molecule has 2 aliphatic rings. The number of rotatable bonds is 0. The molecular formula is C29H26N+. The van der Waals surface area contributed by atoms with E-state index < -0.39 is 0 Å². The van der Waals surface area contributed by atoms with E-state index in [4.69, 9.17) is 0 Å². The van der Waals surface area contributed by atoms with Crippen LogP contribution in [0.2, 0.25) is 0 Å². The van der Waals surface area contributed by atoms with Crippen LogP contribution in [-0.4, -0.2) is 0 Å². The van der Waals surface area contributed by atoms with Crippen LogP contribution in [0.3, 0.4) is 0 Å². The zero-order valence-electron chi connectivity index (χ0n) is 17.7. The van der Waals surface area contributed by atoms with E-state index in [1.54, 1.807) is 5.56 Å². The van der Waals surface area contributed by atoms with Crippen LogP contribution in [0, 0.1) is 6.92 Å². The van der Waals surface area contributed by atoms with Crippen molar-refractivity contribution >= 4 is 0 Å². The van der Waals surface area contributed by atoms with Crippen LogP contribution < -0.4 is 4.57 Å². The van der Waals surface area contributed by atoms with E-state index in [0.717, 1.165) is 19.3 Å². The van der Waals surface area contributed by atoms with Gasteiger partial charge in [-0.15, -0.1) is 0 Å². The Bertz CT molecular complexity index is 1310.